The van der Waals surface area contributed by atoms with Crippen LogP contribution in [-0.2, 0) is 24.7 Å². The van der Waals surface area contributed by atoms with Gasteiger partial charge in [0.25, 0.3) is 11.8 Å². The number of imide groups is 1. The van der Waals surface area contributed by atoms with Crippen LogP contribution in [0.3, 0.4) is 0 Å². The van der Waals surface area contributed by atoms with Crippen molar-refractivity contribution in [3.05, 3.63) is 35.4 Å². The lowest BCUT2D eigenvalue weighted by Crippen LogP contribution is -2.43. The molecule has 8 heteroatoms. The molecular weight excluding hydrogens is 362 g/mol. The Hall–Kier alpha value is -2.90. The lowest BCUT2D eigenvalue weighted by Gasteiger charge is -2.23. The molecule has 150 valence electrons. The summed E-state index contributed by atoms with van der Waals surface area (Å²) in [6.45, 7) is 5.80. The van der Waals surface area contributed by atoms with E-state index in [2.05, 4.69) is 5.32 Å². The average molecular weight is 387 g/mol. The van der Waals surface area contributed by atoms with Gasteiger partial charge in [-0.05, 0) is 39.2 Å². The van der Waals surface area contributed by atoms with Gasteiger partial charge in [0, 0.05) is 13.1 Å². The third kappa shape index (κ3) is 3.72. The first-order valence-corrected chi connectivity index (χ1v) is 9.42. The summed E-state index contributed by atoms with van der Waals surface area (Å²) in [5.74, 6) is -1.58. The minimum absolute atomic E-state index is 0.257. The van der Waals surface area contributed by atoms with E-state index in [0.717, 1.165) is 23.3 Å². The number of ether oxygens (including phenoxy) is 1. The summed E-state index contributed by atoms with van der Waals surface area (Å²) in [6.07, 6.45) is 0.925. The van der Waals surface area contributed by atoms with Crippen LogP contribution < -0.4 is 5.32 Å². The van der Waals surface area contributed by atoms with Gasteiger partial charge in [0.15, 0.2) is 6.10 Å². The van der Waals surface area contributed by atoms with Gasteiger partial charge in [-0.2, -0.15) is 0 Å². The van der Waals surface area contributed by atoms with Crippen LogP contribution in [0.15, 0.2) is 24.3 Å². The predicted molar refractivity (Wildman–Crippen MR) is 100 cm³/mol. The molecule has 0 bridgehead atoms. The Morgan fingerprint density at radius 2 is 1.79 bits per heavy atom. The van der Waals surface area contributed by atoms with E-state index < -0.39 is 36.1 Å². The van der Waals surface area contributed by atoms with Crippen molar-refractivity contribution in [2.24, 2.45) is 0 Å². The molecule has 8 nitrogen and oxygen atoms in total. The van der Waals surface area contributed by atoms with Crippen molar-refractivity contribution in [3.63, 3.8) is 0 Å². The summed E-state index contributed by atoms with van der Waals surface area (Å²) in [6, 6.07) is 6.58. The number of aryl methyl sites for hydroxylation is 1. The zero-order valence-electron chi connectivity index (χ0n) is 16.4. The van der Waals surface area contributed by atoms with Crippen molar-refractivity contribution in [3.8, 4) is 0 Å². The number of likely N-dealkylation sites (tertiary alicyclic amines) is 1. The number of hydrogen-bond donors (Lipinski definition) is 1. The van der Waals surface area contributed by atoms with Crippen LogP contribution in [0, 0.1) is 6.92 Å². The normalized spacial score (nSPS) is 23.0. The van der Waals surface area contributed by atoms with E-state index in [4.69, 9.17) is 4.74 Å². The van der Waals surface area contributed by atoms with Gasteiger partial charge >= 0.3 is 12.0 Å². The number of urea groups is 1. The third-order valence-corrected chi connectivity index (χ3v) is 5.26. The molecule has 1 aromatic rings. The summed E-state index contributed by atoms with van der Waals surface area (Å²) in [5.41, 5.74) is 0.410. The molecule has 0 unspecified atom stereocenters. The van der Waals surface area contributed by atoms with E-state index >= 15 is 0 Å². The van der Waals surface area contributed by atoms with E-state index in [-0.39, 0.29) is 5.91 Å². The van der Waals surface area contributed by atoms with Crippen molar-refractivity contribution < 1.29 is 23.9 Å². The van der Waals surface area contributed by atoms with Gasteiger partial charge in [0.1, 0.15) is 12.1 Å². The summed E-state index contributed by atoms with van der Waals surface area (Å²) in [4.78, 5) is 52.1. The Morgan fingerprint density at radius 3 is 2.39 bits per heavy atom. The van der Waals surface area contributed by atoms with E-state index in [0.29, 0.717) is 18.7 Å². The number of benzene rings is 1. The molecule has 1 N–H and O–H groups in total. The summed E-state index contributed by atoms with van der Waals surface area (Å²) < 4.78 is 5.17. The average Bonchev–Trinajstić information content (AvgIpc) is 3.25. The number of nitrogens with zero attached hydrogens (tertiary/aromatic N) is 2. The summed E-state index contributed by atoms with van der Waals surface area (Å²) in [7, 11) is 0. The fourth-order valence-electron chi connectivity index (χ4n) is 3.53. The minimum Gasteiger partial charge on any atom is -0.451 e. The van der Waals surface area contributed by atoms with Crippen LogP contribution in [0.4, 0.5) is 4.79 Å². The van der Waals surface area contributed by atoms with Gasteiger partial charge in [-0.15, -0.1) is 0 Å². The minimum atomic E-state index is -1.25. The van der Waals surface area contributed by atoms with Crippen LogP contribution in [0.25, 0.3) is 0 Å². The second kappa shape index (κ2) is 7.61. The van der Waals surface area contributed by atoms with Gasteiger partial charge in [0.05, 0.1) is 0 Å². The van der Waals surface area contributed by atoms with Crippen molar-refractivity contribution in [2.75, 3.05) is 19.6 Å². The summed E-state index contributed by atoms with van der Waals surface area (Å²) in [5, 5.41) is 2.65. The smallest absolute Gasteiger partial charge is 0.327 e. The molecule has 2 atom stereocenters. The number of nitrogens with one attached hydrogen (secondary N) is 1. The first kappa shape index (κ1) is 19.9. The monoisotopic (exact) mass is 387 g/mol. The molecule has 2 saturated heterocycles. The van der Waals surface area contributed by atoms with Crippen LogP contribution in [0.1, 0.15) is 37.8 Å². The molecule has 0 aliphatic carbocycles. The van der Waals surface area contributed by atoms with Crippen molar-refractivity contribution in [2.45, 2.75) is 45.3 Å². The molecule has 1 aromatic carbocycles. The van der Waals surface area contributed by atoms with E-state index in [9.17, 15) is 19.2 Å². The highest BCUT2D eigenvalue weighted by atomic mass is 16.5. The molecule has 2 aliphatic rings. The van der Waals surface area contributed by atoms with E-state index in [1.807, 2.05) is 19.1 Å². The van der Waals surface area contributed by atoms with Crippen LogP contribution in [0.5, 0.6) is 0 Å². The number of carbonyl (C=O) groups is 4. The number of amides is 4. The molecule has 2 fully saturated rings. The highest BCUT2D eigenvalue weighted by molar-refractivity contribution is 6.08. The fourth-order valence-corrected chi connectivity index (χ4v) is 3.53. The van der Waals surface area contributed by atoms with Crippen molar-refractivity contribution >= 4 is 23.8 Å². The Morgan fingerprint density at radius 1 is 1.18 bits per heavy atom. The molecule has 2 heterocycles. The zero-order chi connectivity index (χ0) is 20.5. The quantitative estimate of drug-likeness (QED) is 0.607. The first-order chi connectivity index (χ1) is 13.2. The van der Waals surface area contributed by atoms with E-state index in [1.54, 1.807) is 24.0 Å². The summed E-state index contributed by atoms with van der Waals surface area (Å²) >= 11 is 0. The largest absolute Gasteiger partial charge is 0.451 e. The molecule has 2 aliphatic heterocycles. The molecule has 4 amide bonds. The van der Waals surface area contributed by atoms with Gasteiger partial charge in [-0.3, -0.25) is 19.3 Å². The van der Waals surface area contributed by atoms with Crippen molar-refractivity contribution in [1.82, 2.24) is 15.1 Å². The molecule has 28 heavy (non-hydrogen) atoms. The second-order valence-corrected chi connectivity index (χ2v) is 7.48. The number of rotatable bonds is 5. The molecule has 0 radical (unpaired) electrons. The number of carbonyl (C=O) groups excluding carboxylic acids is 4. The topological polar surface area (TPSA) is 96.0 Å². The molecule has 3 rings (SSSR count). The molecule has 0 spiro atoms. The Kier molecular flexibility index (Phi) is 5.40. The maximum Gasteiger partial charge on any atom is 0.327 e. The lowest BCUT2D eigenvalue weighted by atomic mass is 9.91. The zero-order valence-corrected chi connectivity index (χ0v) is 16.4. The number of hydrogen-bond acceptors (Lipinski definition) is 5. The Balaban J connectivity index is 1.64. The molecule has 0 saturated carbocycles. The molecular formula is C20H25N3O5. The third-order valence-electron chi connectivity index (χ3n) is 5.26. The van der Waals surface area contributed by atoms with Gasteiger partial charge in [-0.25, -0.2) is 4.79 Å². The maximum absolute atomic E-state index is 12.8. The van der Waals surface area contributed by atoms with Gasteiger partial charge < -0.3 is 15.0 Å². The highest BCUT2D eigenvalue weighted by Crippen LogP contribution is 2.29. The van der Waals surface area contributed by atoms with Crippen LogP contribution in [0.2, 0.25) is 0 Å². The molecule has 0 aromatic heterocycles. The number of esters is 1. The van der Waals surface area contributed by atoms with Gasteiger partial charge in [-0.1, -0.05) is 29.8 Å². The maximum atomic E-state index is 12.8. The van der Waals surface area contributed by atoms with Gasteiger partial charge in [0.2, 0.25) is 0 Å². The van der Waals surface area contributed by atoms with Crippen LogP contribution in [-0.4, -0.2) is 59.4 Å². The lowest BCUT2D eigenvalue weighted by molar-refractivity contribution is -0.160. The van der Waals surface area contributed by atoms with Crippen molar-refractivity contribution in [1.29, 1.82) is 0 Å². The first-order valence-electron chi connectivity index (χ1n) is 9.42. The van der Waals surface area contributed by atoms with Crippen LogP contribution >= 0.6 is 0 Å². The Labute approximate surface area is 163 Å². The predicted octanol–water partition coefficient (Wildman–Crippen LogP) is 1.32. The highest BCUT2D eigenvalue weighted by Gasteiger charge is 2.49. The SMILES string of the molecule is Cc1ccc([C@@]2(C)NC(=O)N(CC(=O)O[C@H](C)C(=O)N3CCCC3)C2=O)cc1. The van der Waals surface area contributed by atoms with E-state index in [1.165, 1.54) is 6.92 Å². The fraction of sp³-hybridized carbons (Fsp3) is 0.500. The second-order valence-electron chi connectivity index (χ2n) is 7.48. The Bertz CT molecular complexity index is 801. The standard InChI is InChI=1S/C20H25N3O5/c1-13-6-8-15(9-7-13)20(3)18(26)23(19(27)21-20)12-16(24)28-14(2)17(25)22-10-4-5-11-22/h6-9,14H,4-5,10-12H2,1-3H3,(H,21,27)/t14-,20-/m1/s1.